The van der Waals surface area contributed by atoms with Crippen LogP contribution >= 0.6 is 23.8 Å². The third-order valence-electron chi connectivity index (χ3n) is 2.63. The van der Waals surface area contributed by atoms with Crippen LogP contribution in [0.15, 0.2) is 54.6 Å². The van der Waals surface area contributed by atoms with E-state index in [1.165, 1.54) is 0 Å². The lowest BCUT2D eigenvalue weighted by Gasteiger charge is -2.11. The number of rotatable bonds is 3. The van der Waals surface area contributed by atoms with Gasteiger partial charge in [-0.3, -0.25) is 15.6 Å². The van der Waals surface area contributed by atoms with Gasteiger partial charge in [-0.2, -0.15) is 0 Å². The van der Waals surface area contributed by atoms with E-state index in [1.54, 1.807) is 24.3 Å². The minimum absolute atomic E-state index is 0.165. The molecule has 0 atom stereocenters. The van der Waals surface area contributed by atoms with E-state index in [-0.39, 0.29) is 12.3 Å². The molecule has 1 amide bonds. The summed E-state index contributed by atoms with van der Waals surface area (Å²) in [7, 11) is 0. The number of thiocarbonyl (C=S) groups is 1. The van der Waals surface area contributed by atoms with E-state index in [4.69, 9.17) is 23.8 Å². The van der Waals surface area contributed by atoms with Gasteiger partial charge in [0.1, 0.15) is 0 Å². The molecule has 108 valence electrons. The molecule has 0 aliphatic rings. The quantitative estimate of drug-likeness (QED) is 0.601. The number of nitrogens with one attached hydrogen (secondary N) is 3. The highest BCUT2D eigenvalue weighted by molar-refractivity contribution is 7.80. The second-order valence-electron chi connectivity index (χ2n) is 4.30. The Labute approximate surface area is 133 Å². The van der Waals surface area contributed by atoms with Gasteiger partial charge >= 0.3 is 0 Å². The van der Waals surface area contributed by atoms with E-state index in [0.29, 0.717) is 10.1 Å². The van der Waals surface area contributed by atoms with Crippen LogP contribution in [0.25, 0.3) is 0 Å². The Balaban J connectivity index is 1.76. The van der Waals surface area contributed by atoms with Crippen molar-refractivity contribution < 1.29 is 4.79 Å². The molecular formula is C15H14ClN3OS. The number of halogens is 1. The topological polar surface area (TPSA) is 53.2 Å². The number of carbonyl (C=O) groups is 1. The molecule has 3 N–H and O–H groups in total. The van der Waals surface area contributed by atoms with E-state index in [2.05, 4.69) is 16.2 Å². The molecule has 0 aromatic heterocycles. The van der Waals surface area contributed by atoms with Crippen LogP contribution < -0.4 is 16.2 Å². The highest BCUT2D eigenvalue weighted by Gasteiger charge is 2.03. The number of hydrogen-bond donors (Lipinski definition) is 3. The van der Waals surface area contributed by atoms with Crippen molar-refractivity contribution >= 4 is 40.5 Å². The molecule has 0 bridgehead atoms. The summed E-state index contributed by atoms with van der Waals surface area (Å²) in [5.41, 5.74) is 6.92. The second-order valence-corrected chi connectivity index (χ2v) is 5.14. The lowest BCUT2D eigenvalue weighted by Crippen LogP contribution is -2.44. The Morgan fingerprint density at radius 2 is 1.67 bits per heavy atom. The smallest absolute Gasteiger partial charge is 0.242 e. The highest BCUT2D eigenvalue weighted by atomic mass is 35.5. The lowest BCUT2D eigenvalue weighted by molar-refractivity contribution is -0.120. The number of benzene rings is 2. The Morgan fingerprint density at radius 1 is 1.00 bits per heavy atom. The summed E-state index contributed by atoms with van der Waals surface area (Å²) < 4.78 is 0. The summed E-state index contributed by atoms with van der Waals surface area (Å²) in [5.74, 6) is -0.165. The van der Waals surface area contributed by atoms with Crippen molar-refractivity contribution in [3.63, 3.8) is 0 Å². The predicted molar refractivity (Wildman–Crippen MR) is 89.1 cm³/mol. The summed E-state index contributed by atoms with van der Waals surface area (Å²) in [4.78, 5) is 11.7. The molecule has 6 heteroatoms. The number of amides is 1. The summed E-state index contributed by atoms with van der Waals surface area (Å²) in [5, 5.41) is 3.89. The summed E-state index contributed by atoms with van der Waals surface area (Å²) in [6.07, 6.45) is 0.289. The number of hydrogen-bond acceptors (Lipinski definition) is 2. The first-order chi connectivity index (χ1) is 10.1. The van der Waals surface area contributed by atoms with E-state index < -0.39 is 0 Å². The molecule has 2 rings (SSSR count). The number of hydrazine groups is 1. The Kier molecular flexibility index (Phi) is 5.54. The van der Waals surface area contributed by atoms with Gasteiger partial charge in [-0.15, -0.1) is 0 Å². The average Bonchev–Trinajstić information content (AvgIpc) is 2.49. The molecule has 0 spiro atoms. The van der Waals surface area contributed by atoms with Crippen molar-refractivity contribution in [3.05, 3.63) is 65.2 Å². The highest BCUT2D eigenvalue weighted by Crippen LogP contribution is 2.12. The van der Waals surface area contributed by atoms with Gasteiger partial charge in [-0.05, 0) is 42.0 Å². The van der Waals surface area contributed by atoms with Gasteiger partial charge < -0.3 is 5.32 Å². The monoisotopic (exact) mass is 319 g/mol. The molecule has 0 radical (unpaired) electrons. The molecule has 21 heavy (non-hydrogen) atoms. The first-order valence-electron chi connectivity index (χ1n) is 6.29. The first kappa shape index (κ1) is 15.3. The SMILES string of the molecule is O=C(Cc1ccccc1)NNC(=S)Nc1ccc(Cl)cc1. The maximum atomic E-state index is 11.7. The maximum Gasteiger partial charge on any atom is 0.242 e. The number of anilines is 1. The fourth-order valence-electron chi connectivity index (χ4n) is 1.65. The number of carbonyl (C=O) groups excluding carboxylic acids is 1. The zero-order chi connectivity index (χ0) is 15.1. The normalized spacial score (nSPS) is 9.76. The van der Waals surface area contributed by atoms with Crippen LogP contribution in [0.1, 0.15) is 5.56 Å². The summed E-state index contributed by atoms with van der Waals surface area (Å²) in [6, 6.07) is 16.6. The van der Waals surface area contributed by atoms with Crippen LogP contribution in [-0.2, 0) is 11.2 Å². The van der Waals surface area contributed by atoms with Crippen molar-refractivity contribution in [1.82, 2.24) is 10.9 Å². The zero-order valence-electron chi connectivity index (χ0n) is 11.1. The van der Waals surface area contributed by atoms with Crippen LogP contribution in [0, 0.1) is 0 Å². The molecule has 0 saturated carbocycles. The predicted octanol–water partition coefficient (Wildman–Crippen LogP) is 2.90. The van der Waals surface area contributed by atoms with E-state index in [9.17, 15) is 4.79 Å². The van der Waals surface area contributed by atoms with Crippen LogP contribution in [0.4, 0.5) is 5.69 Å². The molecule has 2 aromatic rings. The van der Waals surface area contributed by atoms with Crippen LogP contribution in [-0.4, -0.2) is 11.0 Å². The van der Waals surface area contributed by atoms with Crippen LogP contribution in [0.3, 0.4) is 0 Å². The largest absolute Gasteiger partial charge is 0.331 e. The van der Waals surface area contributed by atoms with E-state index >= 15 is 0 Å². The maximum absolute atomic E-state index is 11.7. The molecule has 0 heterocycles. The molecule has 0 unspecified atom stereocenters. The summed E-state index contributed by atoms with van der Waals surface area (Å²) >= 11 is 10.9. The standard InChI is InChI=1S/C15H14ClN3OS/c16-12-6-8-13(9-7-12)17-15(21)19-18-14(20)10-11-4-2-1-3-5-11/h1-9H,10H2,(H,18,20)(H2,17,19,21). The molecule has 2 aromatic carbocycles. The fourth-order valence-corrected chi connectivity index (χ4v) is 1.94. The van der Waals surface area contributed by atoms with Gasteiger partial charge in [0.25, 0.3) is 0 Å². The second kappa shape index (κ2) is 7.61. The molecule has 0 fully saturated rings. The molecule has 0 aliphatic heterocycles. The molecule has 0 saturated heterocycles. The van der Waals surface area contributed by atoms with Crippen molar-refractivity contribution in [2.24, 2.45) is 0 Å². The minimum atomic E-state index is -0.165. The van der Waals surface area contributed by atoms with E-state index in [1.807, 2.05) is 30.3 Å². The van der Waals surface area contributed by atoms with Gasteiger partial charge in [0.2, 0.25) is 5.91 Å². The Morgan fingerprint density at radius 3 is 2.33 bits per heavy atom. The Hall–Kier alpha value is -2.11. The zero-order valence-corrected chi connectivity index (χ0v) is 12.7. The van der Waals surface area contributed by atoms with Crippen molar-refractivity contribution in [2.75, 3.05) is 5.32 Å². The third kappa shape index (κ3) is 5.41. The van der Waals surface area contributed by atoms with Gasteiger partial charge in [-0.25, -0.2) is 0 Å². The molecule has 4 nitrogen and oxygen atoms in total. The van der Waals surface area contributed by atoms with E-state index in [0.717, 1.165) is 11.3 Å². The molecular weight excluding hydrogens is 306 g/mol. The fraction of sp³-hybridized carbons (Fsp3) is 0.0667. The summed E-state index contributed by atoms with van der Waals surface area (Å²) in [6.45, 7) is 0. The molecule has 0 aliphatic carbocycles. The van der Waals surface area contributed by atoms with Crippen molar-refractivity contribution in [3.8, 4) is 0 Å². The van der Waals surface area contributed by atoms with Crippen LogP contribution in [0.2, 0.25) is 5.02 Å². The first-order valence-corrected chi connectivity index (χ1v) is 7.07. The van der Waals surface area contributed by atoms with Gasteiger partial charge in [0.05, 0.1) is 6.42 Å². The lowest BCUT2D eigenvalue weighted by atomic mass is 10.1. The van der Waals surface area contributed by atoms with Crippen LogP contribution in [0.5, 0.6) is 0 Å². The van der Waals surface area contributed by atoms with Crippen molar-refractivity contribution in [1.29, 1.82) is 0 Å². The van der Waals surface area contributed by atoms with Gasteiger partial charge in [-0.1, -0.05) is 41.9 Å². The third-order valence-corrected chi connectivity index (χ3v) is 3.08. The Bertz CT molecular complexity index is 617. The minimum Gasteiger partial charge on any atom is -0.331 e. The average molecular weight is 320 g/mol. The van der Waals surface area contributed by atoms with Gasteiger partial charge in [0, 0.05) is 10.7 Å². The van der Waals surface area contributed by atoms with Crippen molar-refractivity contribution in [2.45, 2.75) is 6.42 Å². The van der Waals surface area contributed by atoms with Gasteiger partial charge in [0.15, 0.2) is 5.11 Å².